The zero-order chi connectivity index (χ0) is 14.9. The number of methoxy groups -OCH3 is 1. The number of carbonyl (C=O) groups excluding carboxylic acids is 1. The fourth-order valence-corrected chi connectivity index (χ4v) is 2.09. The van der Waals surface area contributed by atoms with Crippen molar-refractivity contribution in [2.75, 3.05) is 12.4 Å². The molecule has 1 N–H and O–H groups in total. The van der Waals surface area contributed by atoms with Crippen molar-refractivity contribution in [3.05, 3.63) is 34.6 Å². The number of amides is 1. The molecule has 0 aliphatic heterocycles. The topological polar surface area (TPSA) is 69.0 Å². The predicted octanol–water partition coefficient (Wildman–Crippen LogP) is 2.00. The molecule has 2 rings (SSSR count). The fraction of sp³-hybridized carbons (Fsp3) is 0.357. The second kappa shape index (κ2) is 5.32. The molecule has 2 aromatic rings. The molecule has 0 unspecified atom stereocenters. The summed E-state index contributed by atoms with van der Waals surface area (Å²) < 4.78 is 6.90. The van der Waals surface area contributed by atoms with Crippen molar-refractivity contribution in [1.82, 2.24) is 14.8 Å². The Labute approximate surface area is 117 Å². The van der Waals surface area contributed by atoms with Gasteiger partial charge >= 0.3 is 0 Å². The number of nitrogens with zero attached hydrogens (tertiary/aromatic N) is 3. The summed E-state index contributed by atoms with van der Waals surface area (Å²) in [6, 6.07) is 3.58. The van der Waals surface area contributed by atoms with E-state index in [9.17, 15) is 4.79 Å². The van der Waals surface area contributed by atoms with Crippen LogP contribution in [0.25, 0.3) is 0 Å². The van der Waals surface area contributed by atoms with Crippen molar-refractivity contribution in [2.45, 2.75) is 20.8 Å². The van der Waals surface area contributed by atoms with Crippen LogP contribution in [-0.4, -0.2) is 27.8 Å². The molecular formula is C14H18N4O2. The average molecular weight is 274 g/mol. The third-order valence-electron chi connectivity index (χ3n) is 3.13. The Morgan fingerprint density at radius 2 is 1.85 bits per heavy atom. The maximum absolute atomic E-state index is 12.2. The van der Waals surface area contributed by atoms with E-state index in [0.29, 0.717) is 11.5 Å². The van der Waals surface area contributed by atoms with Crippen LogP contribution in [0.1, 0.15) is 27.3 Å². The van der Waals surface area contributed by atoms with E-state index in [-0.39, 0.29) is 5.91 Å². The Kier molecular flexibility index (Phi) is 3.74. The van der Waals surface area contributed by atoms with Gasteiger partial charge in [-0.2, -0.15) is 4.98 Å². The molecule has 20 heavy (non-hydrogen) atoms. The smallest absolute Gasteiger partial charge is 0.258 e. The first-order chi connectivity index (χ1) is 9.42. The molecule has 0 saturated carbocycles. The van der Waals surface area contributed by atoms with Crippen LogP contribution in [-0.2, 0) is 7.05 Å². The molecule has 106 valence electrons. The summed E-state index contributed by atoms with van der Waals surface area (Å²) in [4.78, 5) is 16.3. The minimum Gasteiger partial charge on any atom is -0.496 e. The molecule has 0 spiro atoms. The van der Waals surface area contributed by atoms with Crippen LogP contribution in [0.4, 0.5) is 5.95 Å². The molecule has 0 bridgehead atoms. The van der Waals surface area contributed by atoms with Crippen molar-refractivity contribution < 1.29 is 9.53 Å². The average Bonchev–Trinajstić information content (AvgIpc) is 2.67. The van der Waals surface area contributed by atoms with E-state index in [1.807, 2.05) is 20.8 Å². The molecule has 6 nitrogen and oxygen atoms in total. The number of anilines is 1. The first-order valence-corrected chi connectivity index (χ1v) is 6.26. The third kappa shape index (κ3) is 2.64. The van der Waals surface area contributed by atoms with Gasteiger partial charge in [0.05, 0.1) is 7.11 Å². The van der Waals surface area contributed by atoms with Gasteiger partial charge in [-0.15, -0.1) is 5.10 Å². The Morgan fingerprint density at radius 3 is 2.30 bits per heavy atom. The molecule has 0 aliphatic carbocycles. The molecule has 0 aliphatic rings. The van der Waals surface area contributed by atoms with Crippen molar-refractivity contribution in [3.63, 3.8) is 0 Å². The Hall–Kier alpha value is -2.37. The molecule has 1 aromatic heterocycles. The van der Waals surface area contributed by atoms with Gasteiger partial charge in [0.25, 0.3) is 5.91 Å². The van der Waals surface area contributed by atoms with Gasteiger partial charge in [-0.25, -0.2) is 0 Å². The normalized spacial score (nSPS) is 10.4. The molecule has 0 atom stereocenters. The van der Waals surface area contributed by atoms with Crippen LogP contribution in [0.2, 0.25) is 0 Å². The summed E-state index contributed by atoms with van der Waals surface area (Å²) in [7, 11) is 3.40. The zero-order valence-electron chi connectivity index (χ0n) is 12.3. The minimum atomic E-state index is -0.232. The number of hydrogen-bond acceptors (Lipinski definition) is 4. The number of carbonyl (C=O) groups is 1. The van der Waals surface area contributed by atoms with Crippen LogP contribution < -0.4 is 10.1 Å². The van der Waals surface area contributed by atoms with Crippen molar-refractivity contribution in [2.24, 2.45) is 7.05 Å². The molecule has 1 aromatic carbocycles. The number of ether oxygens (including phenoxy) is 1. The molecule has 1 heterocycles. The molecule has 0 radical (unpaired) electrons. The summed E-state index contributed by atoms with van der Waals surface area (Å²) in [5, 5.41) is 6.79. The zero-order valence-corrected chi connectivity index (χ0v) is 12.3. The number of aromatic nitrogens is 3. The summed E-state index contributed by atoms with van der Waals surface area (Å²) in [5.74, 6) is 1.61. The first kappa shape index (κ1) is 14.0. The van der Waals surface area contributed by atoms with Crippen LogP contribution in [0.5, 0.6) is 5.75 Å². The van der Waals surface area contributed by atoms with Crippen molar-refractivity contribution in [3.8, 4) is 5.75 Å². The molecule has 1 amide bonds. The largest absolute Gasteiger partial charge is 0.496 e. The molecule has 0 saturated heterocycles. The number of benzene rings is 1. The lowest BCUT2D eigenvalue weighted by Crippen LogP contribution is -2.14. The fourth-order valence-electron chi connectivity index (χ4n) is 2.09. The summed E-state index contributed by atoms with van der Waals surface area (Å²) in [5.41, 5.74) is 2.40. The van der Waals surface area contributed by atoms with Gasteiger partial charge in [-0.05, 0) is 44.0 Å². The van der Waals surface area contributed by atoms with Crippen LogP contribution in [0, 0.1) is 20.8 Å². The second-order valence-corrected chi connectivity index (χ2v) is 4.70. The number of aryl methyl sites for hydroxylation is 4. The quantitative estimate of drug-likeness (QED) is 0.929. The Balaban J connectivity index is 2.25. The van der Waals surface area contributed by atoms with Gasteiger partial charge < -0.3 is 4.74 Å². The predicted molar refractivity (Wildman–Crippen MR) is 76.2 cm³/mol. The highest BCUT2D eigenvalue weighted by Crippen LogP contribution is 2.24. The first-order valence-electron chi connectivity index (χ1n) is 6.26. The molecular weight excluding hydrogens is 256 g/mol. The van der Waals surface area contributed by atoms with Gasteiger partial charge in [-0.3, -0.25) is 14.8 Å². The SMILES string of the molecule is COc1c(C)cc(C(=O)Nc2nc(C)n(C)n2)cc1C. The third-order valence-corrected chi connectivity index (χ3v) is 3.13. The monoisotopic (exact) mass is 274 g/mol. The lowest BCUT2D eigenvalue weighted by Gasteiger charge is -2.10. The number of rotatable bonds is 3. The van der Waals surface area contributed by atoms with Gasteiger partial charge in [0, 0.05) is 12.6 Å². The van der Waals surface area contributed by atoms with E-state index in [4.69, 9.17) is 4.74 Å². The maximum Gasteiger partial charge on any atom is 0.258 e. The summed E-state index contributed by atoms with van der Waals surface area (Å²) in [6.07, 6.45) is 0. The number of hydrogen-bond donors (Lipinski definition) is 1. The summed E-state index contributed by atoms with van der Waals surface area (Å²) >= 11 is 0. The maximum atomic E-state index is 12.2. The van der Waals surface area contributed by atoms with Crippen molar-refractivity contribution >= 4 is 11.9 Å². The Bertz CT molecular complexity index is 619. The second-order valence-electron chi connectivity index (χ2n) is 4.70. The van der Waals surface area contributed by atoms with E-state index in [2.05, 4.69) is 15.4 Å². The van der Waals surface area contributed by atoms with E-state index >= 15 is 0 Å². The van der Waals surface area contributed by atoms with Gasteiger partial charge in [0.15, 0.2) is 0 Å². The van der Waals surface area contributed by atoms with E-state index in [1.54, 1.807) is 31.0 Å². The van der Waals surface area contributed by atoms with Gasteiger partial charge in [0.1, 0.15) is 11.6 Å². The molecule has 0 fully saturated rings. The Morgan fingerprint density at radius 1 is 1.25 bits per heavy atom. The lowest BCUT2D eigenvalue weighted by molar-refractivity contribution is 0.102. The van der Waals surface area contributed by atoms with E-state index < -0.39 is 0 Å². The summed E-state index contributed by atoms with van der Waals surface area (Å²) in [6.45, 7) is 5.64. The molecule has 6 heteroatoms. The minimum absolute atomic E-state index is 0.232. The van der Waals surface area contributed by atoms with Crippen LogP contribution >= 0.6 is 0 Å². The van der Waals surface area contributed by atoms with E-state index in [1.165, 1.54) is 0 Å². The lowest BCUT2D eigenvalue weighted by atomic mass is 10.1. The highest BCUT2D eigenvalue weighted by Gasteiger charge is 2.13. The highest BCUT2D eigenvalue weighted by atomic mass is 16.5. The number of nitrogens with one attached hydrogen (secondary N) is 1. The van der Waals surface area contributed by atoms with E-state index in [0.717, 1.165) is 22.7 Å². The highest BCUT2D eigenvalue weighted by molar-refractivity contribution is 6.03. The van der Waals surface area contributed by atoms with Crippen molar-refractivity contribution in [1.29, 1.82) is 0 Å². The van der Waals surface area contributed by atoms with Gasteiger partial charge in [-0.1, -0.05) is 0 Å². The van der Waals surface area contributed by atoms with Crippen LogP contribution in [0.3, 0.4) is 0 Å². The van der Waals surface area contributed by atoms with Gasteiger partial charge in [0.2, 0.25) is 5.95 Å². The standard InChI is InChI=1S/C14H18N4O2/c1-8-6-11(7-9(2)12(8)20-5)13(19)16-14-15-10(3)18(4)17-14/h6-7H,1-5H3,(H,16,17,19). The van der Waals surface area contributed by atoms with Crippen LogP contribution in [0.15, 0.2) is 12.1 Å².